The summed E-state index contributed by atoms with van der Waals surface area (Å²) >= 11 is 0. The summed E-state index contributed by atoms with van der Waals surface area (Å²) in [5.74, 6) is 0.556. The van der Waals surface area contributed by atoms with Crippen molar-refractivity contribution in [3.63, 3.8) is 0 Å². The fraction of sp³-hybridized carbons (Fsp3) is 0.562. The Morgan fingerprint density at radius 3 is 2.47 bits per heavy atom. The number of ketones is 1. The molecule has 1 unspecified atom stereocenters. The van der Waals surface area contributed by atoms with Crippen molar-refractivity contribution in [1.29, 1.82) is 0 Å². The molecule has 92 valence electrons. The normalized spacial score (nSPS) is 22.7. The van der Waals surface area contributed by atoms with Crippen LogP contribution >= 0.6 is 0 Å². The van der Waals surface area contributed by atoms with E-state index in [-0.39, 0.29) is 11.3 Å². The first-order valence-corrected chi connectivity index (χ1v) is 6.53. The van der Waals surface area contributed by atoms with Crippen molar-refractivity contribution in [2.45, 2.75) is 47.0 Å². The molecule has 2 rings (SSSR count). The van der Waals surface area contributed by atoms with Crippen LogP contribution < -0.4 is 0 Å². The van der Waals surface area contributed by atoms with Gasteiger partial charge in [-0.15, -0.1) is 0 Å². The van der Waals surface area contributed by atoms with Crippen LogP contribution in [0.5, 0.6) is 0 Å². The Morgan fingerprint density at radius 1 is 1.24 bits per heavy atom. The summed E-state index contributed by atoms with van der Waals surface area (Å²) in [6, 6.07) is 6.09. The molecule has 1 aliphatic rings. The molecule has 1 atom stereocenters. The third-order valence-electron chi connectivity index (χ3n) is 4.37. The van der Waals surface area contributed by atoms with E-state index in [1.807, 2.05) is 12.1 Å². The van der Waals surface area contributed by atoms with E-state index in [2.05, 4.69) is 33.8 Å². The molecule has 1 saturated carbocycles. The maximum absolute atomic E-state index is 12.5. The van der Waals surface area contributed by atoms with Gasteiger partial charge in [-0.05, 0) is 49.3 Å². The molecule has 1 heteroatoms. The van der Waals surface area contributed by atoms with Gasteiger partial charge in [0.1, 0.15) is 0 Å². The molecule has 0 spiro atoms. The lowest BCUT2D eigenvalue weighted by Gasteiger charge is -2.25. The highest BCUT2D eigenvalue weighted by atomic mass is 16.1. The van der Waals surface area contributed by atoms with Crippen molar-refractivity contribution < 1.29 is 4.79 Å². The highest BCUT2D eigenvalue weighted by Gasteiger charge is 2.39. The van der Waals surface area contributed by atoms with E-state index in [4.69, 9.17) is 0 Å². The number of rotatable bonds is 2. The monoisotopic (exact) mass is 230 g/mol. The zero-order valence-electron chi connectivity index (χ0n) is 11.3. The number of carbonyl (C=O) groups excluding carboxylic acids is 1. The van der Waals surface area contributed by atoms with E-state index < -0.39 is 0 Å². The summed E-state index contributed by atoms with van der Waals surface area (Å²) in [4.78, 5) is 12.5. The number of benzene rings is 1. The smallest absolute Gasteiger partial charge is 0.166 e. The van der Waals surface area contributed by atoms with Gasteiger partial charge in [-0.2, -0.15) is 0 Å². The molecular formula is C16H22O. The molecule has 1 aliphatic carbocycles. The zero-order valence-corrected chi connectivity index (χ0v) is 11.3. The van der Waals surface area contributed by atoms with E-state index in [9.17, 15) is 4.79 Å². The minimum atomic E-state index is 0.176. The van der Waals surface area contributed by atoms with Crippen LogP contribution in [0.1, 0.15) is 54.6 Å². The Kier molecular flexibility index (Phi) is 3.11. The fourth-order valence-electron chi connectivity index (χ4n) is 2.91. The summed E-state index contributed by atoms with van der Waals surface area (Å²) in [6.07, 6.45) is 3.42. The van der Waals surface area contributed by atoms with Gasteiger partial charge in [0.05, 0.1) is 0 Å². The quantitative estimate of drug-likeness (QED) is 0.692. The first-order chi connectivity index (χ1) is 7.92. The SMILES string of the molecule is Cc1ccc(C(=O)C2CCCC2(C)C)cc1C. The van der Waals surface area contributed by atoms with Crippen LogP contribution in [0.15, 0.2) is 18.2 Å². The van der Waals surface area contributed by atoms with Gasteiger partial charge in [0.2, 0.25) is 0 Å². The predicted molar refractivity (Wildman–Crippen MR) is 71.4 cm³/mol. The Bertz CT molecular complexity index is 443. The van der Waals surface area contributed by atoms with Crippen molar-refractivity contribution in [3.8, 4) is 0 Å². The van der Waals surface area contributed by atoms with Gasteiger partial charge in [-0.1, -0.05) is 32.4 Å². The maximum Gasteiger partial charge on any atom is 0.166 e. The lowest BCUT2D eigenvalue weighted by atomic mass is 9.77. The molecule has 1 nitrogen and oxygen atoms in total. The number of carbonyl (C=O) groups is 1. The van der Waals surface area contributed by atoms with E-state index >= 15 is 0 Å². The van der Waals surface area contributed by atoms with Gasteiger partial charge >= 0.3 is 0 Å². The maximum atomic E-state index is 12.5. The fourth-order valence-corrected chi connectivity index (χ4v) is 2.91. The highest BCUT2D eigenvalue weighted by Crippen LogP contribution is 2.44. The topological polar surface area (TPSA) is 17.1 Å². The second-order valence-corrected chi connectivity index (χ2v) is 6.10. The number of aryl methyl sites for hydroxylation is 2. The Morgan fingerprint density at radius 2 is 1.94 bits per heavy atom. The molecule has 0 radical (unpaired) electrons. The van der Waals surface area contributed by atoms with Crippen LogP contribution in [0.25, 0.3) is 0 Å². The minimum Gasteiger partial charge on any atom is -0.294 e. The van der Waals surface area contributed by atoms with Crippen molar-refractivity contribution in [3.05, 3.63) is 34.9 Å². The third-order valence-corrected chi connectivity index (χ3v) is 4.37. The number of hydrogen-bond donors (Lipinski definition) is 0. The summed E-state index contributed by atoms with van der Waals surface area (Å²) in [6.45, 7) is 8.61. The Balaban J connectivity index is 2.28. The molecule has 0 heterocycles. The van der Waals surface area contributed by atoms with E-state index in [1.165, 1.54) is 24.0 Å². The standard InChI is InChI=1S/C16H22O/c1-11-7-8-13(10-12(11)2)15(17)14-6-5-9-16(14,3)4/h7-8,10,14H,5-6,9H2,1-4H3. The Hall–Kier alpha value is -1.11. The summed E-state index contributed by atoms with van der Waals surface area (Å²) in [5, 5.41) is 0. The van der Waals surface area contributed by atoms with Crippen molar-refractivity contribution >= 4 is 5.78 Å². The molecule has 0 aromatic heterocycles. The van der Waals surface area contributed by atoms with E-state index in [0.29, 0.717) is 5.78 Å². The molecule has 0 N–H and O–H groups in total. The molecule has 1 aromatic carbocycles. The van der Waals surface area contributed by atoms with Crippen LogP contribution in [-0.4, -0.2) is 5.78 Å². The molecule has 1 aromatic rings. The third kappa shape index (κ3) is 2.29. The predicted octanol–water partition coefficient (Wildman–Crippen LogP) is 4.31. The molecule has 1 fully saturated rings. The van der Waals surface area contributed by atoms with Gasteiger partial charge in [0, 0.05) is 11.5 Å². The van der Waals surface area contributed by atoms with Crippen LogP contribution in [0, 0.1) is 25.2 Å². The lowest BCUT2D eigenvalue weighted by Crippen LogP contribution is -2.25. The van der Waals surface area contributed by atoms with Crippen molar-refractivity contribution in [1.82, 2.24) is 0 Å². The largest absolute Gasteiger partial charge is 0.294 e. The first-order valence-electron chi connectivity index (χ1n) is 6.53. The van der Waals surface area contributed by atoms with Crippen molar-refractivity contribution in [2.75, 3.05) is 0 Å². The lowest BCUT2D eigenvalue weighted by molar-refractivity contribution is 0.0839. The van der Waals surface area contributed by atoms with Gasteiger partial charge in [-0.25, -0.2) is 0 Å². The molecule has 0 saturated heterocycles. The van der Waals surface area contributed by atoms with E-state index in [0.717, 1.165) is 12.0 Å². The first kappa shape index (κ1) is 12.3. The summed E-state index contributed by atoms with van der Waals surface area (Å²) in [7, 11) is 0. The Labute approximate surface area is 104 Å². The molecule has 0 aliphatic heterocycles. The second-order valence-electron chi connectivity index (χ2n) is 6.10. The van der Waals surface area contributed by atoms with Crippen molar-refractivity contribution in [2.24, 2.45) is 11.3 Å². The second kappa shape index (κ2) is 4.29. The average molecular weight is 230 g/mol. The van der Waals surface area contributed by atoms with Crippen LogP contribution in [-0.2, 0) is 0 Å². The van der Waals surface area contributed by atoms with E-state index in [1.54, 1.807) is 0 Å². The zero-order chi connectivity index (χ0) is 12.6. The minimum absolute atomic E-state index is 0.176. The van der Waals surface area contributed by atoms with Gasteiger partial charge in [0.15, 0.2) is 5.78 Å². The molecule has 0 bridgehead atoms. The van der Waals surface area contributed by atoms with Gasteiger partial charge in [0.25, 0.3) is 0 Å². The molecular weight excluding hydrogens is 208 g/mol. The number of hydrogen-bond acceptors (Lipinski definition) is 1. The van der Waals surface area contributed by atoms with Gasteiger partial charge in [-0.3, -0.25) is 4.79 Å². The van der Waals surface area contributed by atoms with Crippen LogP contribution in [0.3, 0.4) is 0 Å². The van der Waals surface area contributed by atoms with Crippen LogP contribution in [0.2, 0.25) is 0 Å². The average Bonchev–Trinajstić information content (AvgIpc) is 2.61. The molecule has 0 amide bonds. The summed E-state index contributed by atoms with van der Waals surface area (Å²) < 4.78 is 0. The van der Waals surface area contributed by atoms with Gasteiger partial charge < -0.3 is 0 Å². The highest BCUT2D eigenvalue weighted by molar-refractivity contribution is 5.98. The number of Topliss-reactive ketones (excluding diaryl/α,β-unsaturated/α-hetero) is 1. The molecule has 17 heavy (non-hydrogen) atoms. The van der Waals surface area contributed by atoms with Crippen LogP contribution in [0.4, 0.5) is 0 Å². The summed E-state index contributed by atoms with van der Waals surface area (Å²) in [5.41, 5.74) is 3.54.